The summed E-state index contributed by atoms with van der Waals surface area (Å²) in [6.07, 6.45) is 0. The van der Waals surface area contributed by atoms with Crippen LogP contribution in [0.4, 0.5) is 10.1 Å². The Bertz CT molecular complexity index is 944. The van der Waals surface area contributed by atoms with Crippen LogP contribution in [0.1, 0.15) is 11.1 Å². The third kappa shape index (κ3) is 5.02. The van der Waals surface area contributed by atoms with Crippen LogP contribution in [0, 0.1) is 5.82 Å². The van der Waals surface area contributed by atoms with Gasteiger partial charge in [-0.15, -0.1) is 0 Å². The maximum absolute atomic E-state index is 13.9. The molecule has 146 valence electrons. The zero-order chi connectivity index (χ0) is 20.1. The topological polar surface area (TPSA) is 30.5 Å². The quantitative estimate of drug-likeness (QED) is 0.429. The molecule has 0 unspecified atom stereocenters. The lowest BCUT2D eigenvalue weighted by Gasteiger charge is -2.15. The van der Waals surface area contributed by atoms with Crippen molar-refractivity contribution in [3.63, 3.8) is 0 Å². The second-order valence-electron chi connectivity index (χ2n) is 5.96. The number of nitrogens with one attached hydrogen (secondary N) is 1. The van der Waals surface area contributed by atoms with Gasteiger partial charge in [0.1, 0.15) is 12.4 Å². The highest BCUT2D eigenvalue weighted by Crippen LogP contribution is 2.37. The van der Waals surface area contributed by atoms with Crippen LogP contribution in [0.3, 0.4) is 0 Å². The molecule has 0 spiro atoms. The lowest BCUT2D eigenvalue weighted by molar-refractivity contribution is 0.280. The van der Waals surface area contributed by atoms with Crippen LogP contribution in [0.15, 0.2) is 54.6 Å². The van der Waals surface area contributed by atoms with Crippen LogP contribution in [0.25, 0.3) is 0 Å². The third-order valence-corrected chi connectivity index (χ3v) is 4.94. The lowest BCUT2D eigenvalue weighted by Crippen LogP contribution is -2.04. The number of rotatable bonds is 7. The molecule has 0 bridgehead atoms. The normalized spacial score (nSPS) is 10.6. The Kier molecular flexibility index (Phi) is 6.89. The average molecular weight is 441 g/mol. The van der Waals surface area contributed by atoms with E-state index in [1.54, 1.807) is 12.1 Å². The smallest absolute Gasteiger partial charge is 0.180 e. The molecular formula is C21H17Cl3FNO2. The maximum Gasteiger partial charge on any atom is 0.180 e. The minimum Gasteiger partial charge on any atom is -0.493 e. The molecule has 3 rings (SSSR count). The highest BCUT2D eigenvalue weighted by atomic mass is 35.5. The van der Waals surface area contributed by atoms with Crippen LogP contribution < -0.4 is 14.8 Å². The molecule has 0 radical (unpaired) electrons. The predicted octanol–water partition coefficient (Wildman–Crippen LogP) is 6.99. The Morgan fingerprint density at radius 3 is 2.39 bits per heavy atom. The minimum atomic E-state index is -0.439. The summed E-state index contributed by atoms with van der Waals surface area (Å²) in [4.78, 5) is 0. The standard InChI is InChI=1S/C21H17Cl3FNO2/c1-27-20-10-13(11-26-15-7-5-14(22)6-8-15)9-18(24)21(20)28-12-16-17(23)3-2-4-19(16)25/h2-10,26H,11-12H2,1H3. The molecule has 0 heterocycles. The summed E-state index contributed by atoms with van der Waals surface area (Å²) in [7, 11) is 1.52. The van der Waals surface area contributed by atoms with E-state index in [4.69, 9.17) is 44.3 Å². The van der Waals surface area contributed by atoms with Crippen LogP contribution in [0.5, 0.6) is 11.5 Å². The molecule has 0 aromatic heterocycles. The lowest BCUT2D eigenvalue weighted by atomic mass is 10.2. The van der Waals surface area contributed by atoms with E-state index in [2.05, 4.69) is 5.32 Å². The van der Waals surface area contributed by atoms with Gasteiger partial charge in [0.2, 0.25) is 0 Å². The summed E-state index contributed by atoms with van der Waals surface area (Å²) in [5.41, 5.74) is 2.08. The van der Waals surface area contributed by atoms with Crippen LogP contribution in [0.2, 0.25) is 15.1 Å². The largest absolute Gasteiger partial charge is 0.493 e. The second kappa shape index (κ2) is 9.37. The molecule has 0 aliphatic heterocycles. The molecule has 0 aliphatic rings. The molecule has 0 atom stereocenters. The van der Waals surface area contributed by atoms with Crippen molar-refractivity contribution in [2.45, 2.75) is 13.2 Å². The Hall–Kier alpha value is -2.14. The van der Waals surface area contributed by atoms with Gasteiger partial charge in [-0.1, -0.05) is 40.9 Å². The van der Waals surface area contributed by atoms with Crippen molar-refractivity contribution in [3.8, 4) is 11.5 Å². The molecule has 3 aromatic carbocycles. The van der Waals surface area contributed by atoms with Gasteiger partial charge in [-0.05, 0) is 54.1 Å². The van der Waals surface area contributed by atoms with E-state index < -0.39 is 5.82 Å². The molecule has 0 fully saturated rings. The number of anilines is 1. The van der Waals surface area contributed by atoms with Gasteiger partial charge in [0.15, 0.2) is 11.5 Å². The first-order valence-electron chi connectivity index (χ1n) is 8.39. The first-order chi connectivity index (χ1) is 13.5. The van der Waals surface area contributed by atoms with Crippen molar-refractivity contribution in [1.29, 1.82) is 0 Å². The molecular weight excluding hydrogens is 424 g/mol. The maximum atomic E-state index is 13.9. The Labute approximate surface area is 177 Å². The van der Waals surface area contributed by atoms with Crippen molar-refractivity contribution >= 4 is 40.5 Å². The van der Waals surface area contributed by atoms with Crippen LogP contribution in [-0.2, 0) is 13.2 Å². The molecule has 0 aliphatic carbocycles. The number of ether oxygens (including phenoxy) is 2. The third-order valence-electron chi connectivity index (χ3n) is 4.05. The van der Waals surface area contributed by atoms with Crippen molar-refractivity contribution in [2.24, 2.45) is 0 Å². The SMILES string of the molecule is COc1cc(CNc2ccc(Cl)cc2)cc(Cl)c1OCc1c(F)cccc1Cl. The van der Waals surface area contributed by atoms with E-state index in [0.29, 0.717) is 33.1 Å². The highest BCUT2D eigenvalue weighted by Gasteiger charge is 2.15. The fourth-order valence-electron chi connectivity index (χ4n) is 2.60. The summed E-state index contributed by atoms with van der Waals surface area (Å²) in [6.45, 7) is 0.459. The second-order valence-corrected chi connectivity index (χ2v) is 7.21. The summed E-state index contributed by atoms with van der Waals surface area (Å²) >= 11 is 18.3. The van der Waals surface area contributed by atoms with E-state index >= 15 is 0 Å². The molecule has 3 aromatic rings. The van der Waals surface area contributed by atoms with Gasteiger partial charge in [0.05, 0.1) is 17.2 Å². The van der Waals surface area contributed by atoms with Gasteiger partial charge >= 0.3 is 0 Å². The van der Waals surface area contributed by atoms with E-state index in [0.717, 1.165) is 11.3 Å². The van der Waals surface area contributed by atoms with Gasteiger partial charge in [0.25, 0.3) is 0 Å². The molecule has 1 N–H and O–H groups in total. The van der Waals surface area contributed by atoms with Gasteiger partial charge in [-0.2, -0.15) is 0 Å². The first-order valence-corrected chi connectivity index (χ1v) is 9.53. The average Bonchev–Trinajstić information content (AvgIpc) is 2.68. The summed E-state index contributed by atoms with van der Waals surface area (Å²) < 4.78 is 25.1. The monoisotopic (exact) mass is 439 g/mol. The van der Waals surface area contributed by atoms with Crippen LogP contribution >= 0.6 is 34.8 Å². The highest BCUT2D eigenvalue weighted by molar-refractivity contribution is 6.32. The number of methoxy groups -OCH3 is 1. The molecule has 3 nitrogen and oxygen atoms in total. The van der Waals surface area contributed by atoms with Crippen molar-refractivity contribution < 1.29 is 13.9 Å². The predicted molar refractivity (Wildman–Crippen MR) is 113 cm³/mol. The summed E-state index contributed by atoms with van der Waals surface area (Å²) in [5.74, 6) is 0.345. The van der Waals surface area contributed by atoms with Gasteiger partial charge in [-0.25, -0.2) is 4.39 Å². The van der Waals surface area contributed by atoms with E-state index in [-0.39, 0.29) is 12.2 Å². The van der Waals surface area contributed by atoms with Gasteiger partial charge in [0, 0.05) is 22.8 Å². The molecule has 0 amide bonds. The zero-order valence-corrected chi connectivity index (χ0v) is 17.2. The van der Waals surface area contributed by atoms with Crippen molar-refractivity contribution in [1.82, 2.24) is 0 Å². The van der Waals surface area contributed by atoms with Gasteiger partial charge in [-0.3, -0.25) is 0 Å². The number of hydrogen-bond donors (Lipinski definition) is 1. The van der Waals surface area contributed by atoms with E-state index in [1.165, 1.54) is 19.2 Å². The van der Waals surface area contributed by atoms with Crippen molar-refractivity contribution in [3.05, 3.63) is 86.6 Å². The fourth-order valence-corrected chi connectivity index (χ4v) is 3.23. The molecule has 28 heavy (non-hydrogen) atoms. The zero-order valence-electron chi connectivity index (χ0n) is 14.9. The van der Waals surface area contributed by atoms with Gasteiger partial charge < -0.3 is 14.8 Å². The number of halogens is 4. The Morgan fingerprint density at radius 2 is 1.71 bits per heavy atom. The minimum absolute atomic E-state index is 0.0655. The van der Waals surface area contributed by atoms with Crippen molar-refractivity contribution in [2.75, 3.05) is 12.4 Å². The Balaban J connectivity index is 1.74. The summed E-state index contributed by atoms with van der Waals surface area (Å²) in [5, 5.41) is 4.60. The number of hydrogen-bond acceptors (Lipinski definition) is 3. The fraction of sp³-hybridized carbons (Fsp3) is 0.143. The Morgan fingerprint density at radius 1 is 0.964 bits per heavy atom. The van der Waals surface area contributed by atoms with E-state index in [1.807, 2.05) is 30.3 Å². The van der Waals surface area contributed by atoms with Crippen LogP contribution in [-0.4, -0.2) is 7.11 Å². The number of benzene rings is 3. The van der Waals surface area contributed by atoms with E-state index in [9.17, 15) is 4.39 Å². The summed E-state index contributed by atoms with van der Waals surface area (Å²) in [6, 6.07) is 15.4. The molecule has 0 saturated heterocycles. The first kappa shape index (κ1) is 20.6. The molecule has 7 heteroatoms. The molecule has 0 saturated carbocycles.